The molecule has 27 heavy (non-hydrogen) atoms. The van der Waals surface area contributed by atoms with Crippen molar-refractivity contribution in [1.82, 2.24) is 14.7 Å². The minimum atomic E-state index is -0.347. The van der Waals surface area contributed by atoms with E-state index >= 15 is 0 Å². The molecular formula is C20H25FN4O2. The zero-order chi connectivity index (χ0) is 19.0. The Bertz CT molecular complexity index is 840. The number of carbonyl (C=O) groups is 1. The number of aryl methyl sites for hydroxylation is 1. The van der Waals surface area contributed by atoms with Crippen molar-refractivity contribution in [2.75, 3.05) is 32.1 Å². The molecule has 1 saturated heterocycles. The third kappa shape index (κ3) is 3.32. The number of halogens is 1. The second kappa shape index (κ2) is 6.96. The van der Waals surface area contributed by atoms with Gasteiger partial charge in [0.15, 0.2) is 0 Å². The van der Waals surface area contributed by atoms with E-state index in [1.807, 2.05) is 4.90 Å². The third-order valence-electron chi connectivity index (χ3n) is 5.94. The van der Waals surface area contributed by atoms with Crippen molar-refractivity contribution in [3.63, 3.8) is 0 Å². The lowest BCUT2D eigenvalue weighted by molar-refractivity contribution is -0.0920. The number of nitrogens with one attached hydrogen (secondary N) is 1. The summed E-state index contributed by atoms with van der Waals surface area (Å²) in [6.07, 6.45) is 7.18. The molecule has 1 aromatic heterocycles. The number of anilines is 1. The van der Waals surface area contributed by atoms with Gasteiger partial charge in [-0.15, -0.1) is 0 Å². The van der Waals surface area contributed by atoms with Crippen LogP contribution in [-0.2, 0) is 11.8 Å². The smallest absolute Gasteiger partial charge is 0.321 e. The maximum atomic E-state index is 13.8. The van der Waals surface area contributed by atoms with Gasteiger partial charge in [0.2, 0.25) is 0 Å². The Balaban J connectivity index is 1.48. The number of hydrogen-bond acceptors (Lipinski definition) is 3. The van der Waals surface area contributed by atoms with Crippen molar-refractivity contribution < 1.29 is 13.9 Å². The van der Waals surface area contributed by atoms with Crippen molar-refractivity contribution in [2.24, 2.45) is 18.4 Å². The lowest BCUT2D eigenvalue weighted by Gasteiger charge is -2.56. The average molecular weight is 372 g/mol. The predicted molar refractivity (Wildman–Crippen MR) is 101 cm³/mol. The van der Waals surface area contributed by atoms with Crippen LogP contribution in [0, 0.1) is 17.2 Å². The first-order valence-corrected chi connectivity index (χ1v) is 9.34. The van der Waals surface area contributed by atoms with Gasteiger partial charge in [-0.2, -0.15) is 5.10 Å². The molecule has 0 atom stereocenters. The highest BCUT2D eigenvalue weighted by Gasteiger charge is 2.52. The van der Waals surface area contributed by atoms with Gasteiger partial charge in [0.1, 0.15) is 5.82 Å². The molecule has 0 unspecified atom stereocenters. The molecule has 1 N–H and O–H groups in total. The molecule has 0 bridgehead atoms. The summed E-state index contributed by atoms with van der Waals surface area (Å²) in [5.74, 6) is 0.304. The van der Waals surface area contributed by atoms with E-state index in [0.717, 1.165) is 5.56 Å². The highest BCUT2D eigenvalue weighted by atomic mass is 19.1. The maximum Gasteiger partial charge on any atom is 0.321 e. The monoisotopic (exact) mass is 372 g/mol. The number of carbonyl (C=O) groups excluding carboxylic acids is 1. The Morgan fingerprint density at radius 3 is 2.78 bits per heavy atom. The van der Waals surface area contributed by atoms with Crippen molar-refractivity contribution >= 4 is 11.7 Å². The minimum absolute atomic E-state index is 0.0965. The summed E-state index contributed by atoms with van der Waals surface area (Å²) in [4.78, 5) is 14.6. The first-order valence-electron chi connectivity index (χ1n) is 9.34. The first kappa shape index (κ1) is 18.0. The molecule has 1 aliphatic carbocycles. The standard InChI is InChI=1S/C20H25FN4O2/c1-24-10-14(9-22-24)17-8-16(21)6-7-18(17)23-19(26)25-11-20(12-25,13-27-2)15-4-3-5-15/h6-10,15H,3-5,11-13H2,1-2H3,(H,23,26). The molecule has 1 aromatic carbocycles. The van der Waals surface area contributed by atoms with E-state index in [2.05, 4.69) is 10.4 Å². The minimum Gasteiger partial charge on any atom is -0.384 e. The highest BCUT2D eigenvalue weighted by molar-refractivity contribution is 5.94. The molecule has 1 saturated carbocycles. The average Bonchev–Trinajstić information content (AvgIpc) is 2.98. The summed E-state index contributed by atoms with van der Waals surface area (Å²) in [5.41, 5.74) is 2.07. The number of likely N-dealkylation sites (tertiary alicyclic amines) is 1. The summed E-state index contributed by atoms with van der Waals surface area (Å²) in [5, 5.41) is 7.08. The number of urea groups is 1. The Morgan fingerprint density at radius 1 is 1.41 bits per heavy atom. The summed E-state index contributed by atoms with van der Waals surface area (Å²) < 4.78 is 20.9. The number of nitrogens with zero attached hydrogens (tertiary/aromatic N) is 3. The molecule has 6 nitrogen and oxygen atoms in total. The predicted octanol–water partition coefficient (Wildman–Crippen LogP) is 3.51. The van der Waals surface area contributed by atoms with Crippen LogP contribution in [0.2, 0.25) is 0 Å². The van der Waals surface area contributed by atoms with Crippen molar-refractivity contribution in [3.05, 3.63) is 36.4 Å². The van der Waals surface area contributed by atoms with E-state index in [1.165, 1.54) is 31.4 Å². The Labute approximate surface area is 158 Å². The Hall–Kier alpha value is -2.41. The summed E-state index contributed by atoms with van der Waals surface area (Å²) in [6.45, 7) is 2.11. The van der Waals surface area contributed by atoms with Gasteiger partial charge in [-0.05, 0) is 37.0 Å². The van der Waals surface area contributed by atoms with Gasteiger partial charge >= 0.3 is 6.03 Å². The fourth-order valence-electron chi connectivity index (χ4n) is 4.25. The topological polar surface area (TPSA) is 59.4 Å². The molecule has 2 fully saturated rings. The number of rotatable bonds is 5. The summed E-state index contributed by atoms with van der Waals surface area (Å²) in [7, 11) is 3.53. The summed E-state index contributed by atoms with van der Waals surface area (Å²) in [6, 6.07) is 4.23. The molecule has 2 amide bonds. The largest absolute Gasteiger partial charge is 0.384 e. The number of hydrogen-bond donors (Lipinski definition) is 1. The SMILES string of the molecule is COCC1(C2CCC2)CN(C(=O)Nc2ccc(F)cc2-c2cnn(C)c2)C1. The second-order valence-corrected chi connectivity index (χ2v) is 7.80. The summed E-state index contributed by atoms with van der Waals surface area (Å²) >= 11 is 0. The molecule has 2 aliphatic rings. The number of amides is 2. The van der Waals surface area contributed by atoms with E-state index in [-0.39, 0.29) is 17.3 Å². The maximum absolute atomic E-state index is 13.8. The van der Waals surface area contributed by atoms with Crippen LogP contribution in [0.3, 0.4) is 0 Å². The van der Waals surface area contributed by atoms with Gasteiger partial charge in [-0.25, -0.2) is 9.18 Å². The van der Waals surface area contributed by atoms with E-state index in [1.54, 1.807) is 37.3 Å². The molecule has 144 valence electrons. The van der Waals surface area contributed by atoms with Gasteiger partial charge in [0.05, 0.1) is 18.5 Å². The molecule has 0 spiro atoms. The number of aromatic nitrogens is 2. The van der Waals surface area contributed by atoms with Gasteiger partial charge in [0, 0.05) is 50.0 Å². The number of methoxy groups -OCH3 is 1. The van der Waals surface area contributed by atoms with Crippen LogP contribution in [0.5, 0.6) is 0 Å². The Morgan fingerprint density at radius 2 is 2.19 bits per heavy atom. The molecule has 2 aromatic rings. The number of ether oxygens (including phenoxy) is 1. The second-order valence-electron chi connectivity index (χ2n) is 7.80. The van der Waals surface area contributed by atoms with Gasteiger partial charge in [0.25, 0.3) is 0 Å². The fourth-order valence-corrected chi connectivity index (χ4v) is 4.25. The zero-order valence-corrected chi connectivity index (χ0v) is 15.7. The van der Waals surface area contributed by atoms with Gasteiger partial charge in [-0.3, -0.25) is 4.68 Å². The van der Waals surface area contributed by atoms with Crippen molar-refractivity contribution in [2.45, 2.75) is 19.3 Å². The van der Waals surface area contributed by atoms with Crippen molar-refractivity contribution in [3.8, 4) is 11.1 Å². The van der Waals surface area contributed by atoms with Crippen LogP contribution in [0.4, 0.5) is 14.9 Å². The van der Waals surface area contributed by atoms with Crippen LogP contribution in [0.1, 0.15) is 19.3 Å². The van der Waals surface area contributed by atoms with Crippen molar-refractivity contribution in [1.29, 1.82) is 0 Å². The molecular weight excluding hydrogens is 347 g/mol. The molecule has 7 heteroatoms. The van der Waals surface area contributed by atoms with Crippen LogP contribution < -0.4 is 5.32 Å². The van der Waals surface area contributed by atoms with Crippen LogP contribution in [0.25, 0.3) is 11.1 Å². The van der Waals surface area contributed by atoms with Crippen LogP contribution >= 0.6 is 0 Å². The number of benzene rings is 1. The lowest BCUT2D eigenvalue weighted by atomic mass is 9.61. The van der Waals surface area contributed by atoms with E-state index in [4.69, 9.17) is 4.74 Å². The molecule has 4 rings (SSSR count). The quantitative estimate of drug-likeness (QED) is 0.874. The van der Waals surface area contributed by atoms with Crippen LogP contribution in [-0.4, -0.2) is 47.5 Å². The van der Waals surface area contributed by atoms with E-state index < -0.39 is 0 Å². The molecule has 2 heterocycles. The van der Waals surface area contributed by atoms with Gasteiger partial charge < -0.3 is 15.0 Å². The normalized spacial score (nSPS) is 18.7. The lowest BCUT2D eigenvalue weighted by Crippen LogP contribution is -2.65. The zero-order valence-electron chi connectivity index (χ0n) is 15.7. The third-order valence-corrected chi connectivity index (χ3v) is 5.94. The highest BCUT2D eigenvalue weighted by Crippen LogP contribution is 2.48. The van der Waals surface area contributed by atoms with Gasteiger partial charge in [-0.1, -0.05) is 6.42 Å². The Kier molecular flexibility index (Phi) is 4.63. The van der Waals surface area contributed by atoms with E-state index in [0.29, 0.717) is 36.9 Å². The molecule has 0 radical (unpaired) electrons. The first-order chi connectivity index (χ1) is 13.0. The fraction of sp³-hybridized carbons (Fsp3) is 0.500. The molecule has 1 aliphatic heterocycles. The van der Waals surface area contributed by atoms with Crippen LogP contribution in [0.15, 0.2) is 30.6 Å². The van der Waals surface area contributed by atoms with E-state index in [9.17, 15) is 9.18 Å².